The van der Waals surface area contributed by atoms with Gasteiger partial charge in [0.25, 0.3) is 0 Å². The third kappa shape index (κ3) is 2.59. The summed E-state index contributed by atoms with van der Waals surface area (Å²) in [5.74, 6) is -0.207. The minimum absolute atomic E-state index is 0.207. The van der Waals surface area contributed by atoms with Crippen LogP contribution in [0.2, 0.25) is 0 Å². The molecule has 6 rings (SSSR count). The summed E-state index contributed by atoms with van der Waals surface area (Å²) in [5.41, 5.74) is 3.03. The van der Waals surface area contributed by atoms with E-state index in [1.54, 1.807) is 23.6 Å². The van der Waals surface area contributed by atoms with Crippen molar-refractivity contribution < 1.29 is 4.39 Å². The molecule has 26 heavy (non-hydrogen) atoms. The van der Waals surface area contributed by atoms with Crippen molar-refractivity contribution in [3.05, 3.63) is 53.6 Å². The molecule has 134 valence electrons. The molecule has 2 aromatic heterocycles. The van der Waals surface area contributed by atoms with Crippen molar-refractivity contribution >= 4 is 26.7 Å². The summed E-state index contributed by atoms with van der Waals surface area (Å²) in [6, 6.07) is 10.6. The zero-order valence-electron chi connectivity index (χ0n) is 14.7. The monoisotopic (exact) mass is 368 g/mol. The number of thiazole rings is 1. The minimum Gasteiger partial charge on any atom is -0.339 e. The normalized spacial score (nSPS) is 22.6. The van der Waals surface area contributed by atoms with Crippen molar-refractivity contribution in [2.24, 2.45) is 0 Å². The number of aromatic nitrogens is 2. The van der Waals surface area contributed by atoms with Gasteiger partial charge in [0.1, 0.15) is 5.82 Å². The van der Waals surface area contributed by atoms with Crippen LogP contribution < -0.4 is 4.90 Å². The number of piperidine rings is 1. The van der Waals surface area contributed by atoms with E-state index in [9.17, 15) is 4.39 Å². The summed E-state index contributed by atoms with van der Waals surface area (Å²) >= 11 is 1.80. The Morgan fingerprint density at radius 3 is 2.81 bits per heavy atom. The maximum atomic E-state index is 13.9. The fourth-order valence-corrected chi connectivity index (χ4v) is 5.43. The second kappa shape index (κ2) is 6.28. The summed E-state index contributed by atoms with van der Waals surface area (Å²) in [4.78, 5) is 14.0. The van der Waals surface area contributed by atoms with Crippen molar-refractivity contribution in [2.75, 3.05) is 18.0 Å². The Labute approximate surface area is 156 Å². The first-order valence-electron chi connectivity index (χ1n) is 9.21. The number of piperazine rings is 1. The summed E-state index contributed by atoms with van der Waals surface area (Å²) in [7, 11) is 0. The molecule has 3 aromatic rings. The van der Waals surface area contributed by atoms with Crippen LogP contribution in [0.25, 0.3) is 10.2 Å². The van der Waals surface area contributed by atoms with Gasteiger partial charge in [-0.25, -0.2) is 9.37 Å². The molecule has 0 saturated carbocycles. The predicted molar refractivity (Wildman–Crippen MR) is 103 cm³/mol. The van der Waals surface area contributed by atoms with Crippen LogP contribution in [0.1, 0.15) is 24.6 Å². The van der Waals surface area contributed by atoms with Crippen molar-refractivity contribution in [3.63, 3.8) is 0 Å². The van der Waals surface area contributed by atoms with Gasteiger partial charge in [-0.1, -0.05) is 30.4 Å². The number of rotatable bonds is 4. The van der Waals surface area contributed by atoms with Gasteiger partial charge in [-0.05, 0) is 36.6 Å². The molecule has 6 heteroatoms. The van der Waals surface area contributed by atoms with Gasteiger partial charge in [-0.2, -0.15) is 0 Å². The smallest absolute Gasteiger partial charge is 0.187 e. The lowest BCUT2D eigenvalue weighted by Gasteiger charge is -2.56. The number of para-hydroxylation sites is 1. The molecule has 2 atom stereocenters. The zero-order chi connectivity index (χ0) is 17.7. The van der Waals surface area contributed by atoms with Crippen LogP contribution in [0, 0.1) is 5.82 Å². The highest BCUT2D eigenvalue weighted by molar-refractivity contribution is 7.22. The van der Waals surface area contributed by atoms with E-state index in [2.05, 4.69) is 39.9 Å². The standard InChI is InChI=1S/C20H21FN4S/c1-2-13-5-3-7-18-19(13)23-20(26-18)25-14-9-15(25)11-24(10-14)12-17-16(21)6-4-8-22-17/h3-8,14-15H,2,9-12H2,1H3. The number of halogens is 1. The quantitative estimate of drug-likeness (QED) is 0.700. The third-order valence-electron chi connectivity index (χ3n) is 5.57. The summed E-state index contributed by atoms with van der Waals surface area (Å²) < 4.78 is 15.2. The van der Waals surface area contributed by atoms with Gasteiger partial charge in [0, 0.05) is 37.9 Å². The van der Waals surface area contributed by atoms with E-state index < -0.39 is 0 Å². The molecule has 0 radical (unpaired) electrons. The zero-order valence-corrected chi connectivity index (χ0v) is 15.5. The van der Waals surface area contributed by atoms with Crippen molar-refractivity contribution in [3.8, 4) is 0 Å². The Kier molecular flexibility index (Phi) is 3.90. The molecule has 0 amide bonds. The number of aryl methyl sites for hydroxylation is 1. The molecule has 4 nitrogen and oxygen atoms in total. The van der Waals surface area contributed by atoms with E-state index in [0.717, 1.165) is 30.2 Å². The van der Waals surface area contributed by atoms with Gasteiger partial charge in [-0.15, -0.1) is 0 Å². The van der Waals surface area contributed by atoms with Crippen molar-refractivity contribution in [1.82, 2.24) is 14.9 Å². The lowest BCUT2D eigenvalue weighted by Crippen LogP contribution is -2.68. The molecule has 3 aliphatic rings. The number of hydrogen-bond donors (Lipinski definition) is 0. The van der Waals surface area contributed by atoms with E-state index >= 15 is 0 Å². The van der Waals surface area contributed by atoms with Gasteiger partial charge in [-0.3, -0.25) is 9.88 Å². The topological polar surface area (TPSA) is 32.3 Å². The van der Waals surface area contributed by atoms with Gasteiger partial charge in [0.05, 0.1) is 15.9 Å². The van der Waals surface area contributed by atoms with Crippen LogP contribution in [0.15, 0.2) is 36.5 Å². The first-order chi connectivity index (χ1) is 12.7. The van der Waals surface area contributed by atoms with E-state index in [1.807, 2.05) is 0 Å². The lowest BCUT2D eigenvalue weighted by molar-refractivity contribution is 0.106. The average molecular weight is 368 g/mol. The number of anilines is 1. The van der Waals surface area contributed by atoms with E-state index in [-0.39, 0.29) is 5.82 Å². The summed E-state index contributed by atoms with van der Waals surface area (Å²) in [6.45, 7) is 4.67. The SMILES string of the molecule is CCc1cccc2sc(N3C4CC3CN(Cc3ncccc3F)C4)nc12. The van der Waals surface area contributed by atoms with Crippen molar-refractivity contribution in [2.45, 2.75) is 38.4 Å². The van der Waals surface area contributed by atoms with Crippen LogP contribution >= 0.6 is 11.3 Å². The van der Waals surface area contributed by atoms with Gasteiger partial charge < -0.3 is 4.90 Å². The first kappa shape index (κ1) is 16.1. The van der Waals surface area contributed by atoms with E-state index in [4.69, 9.17) is 4.98 Å². The fourth-order valence-electron chi connectivity index (χ4n) is 4.27. The van der Waals surface area contributed by atoms with Gasteiger partial charge >= 0.3 is 0 Å². The third-order valence-corrected chi connectivity index (χ3v) is 6.60. The highest BCUT2D eigenvalue weighted by Gasteiger charge is 2.46. The summed E-state index contributed by atoms with van der Waals surface area (Å²) in [6.07, 6.45) is 3.89. The number of benzene rings is 1. The molecule has 3 aliphatic heterocycles. The molecule has 0 N–H and O–H groups in total. The predicted octanol–water partition coefficient (Wildman–Crippen LogP) is 3.86. The molecular formula is C20H21FN4S. The molecule has 3 fully saturated rings. The molecule has 0 spiro atoms. The average Bonchev–Trinajstić information content (AvgIpc) is 3.06. The highest BCUT2D eigenvalue weighted by atomic mass is 32.1. The van der Waals surface area contributed by atoms with Crippen LogP contribution in [0.4, 0.5) is 9.52 Å². The second-order valence-electron chi connectivity index (χ2n) is 7.19. The number of nitrogens with zero attached hydrogens (tertiary/aromatic N) is 4. The number of hydrogen-bond acceptors (Lipinski definition) is 5. The van der Waals surface area contributed by atoms with Crippen LogP contribution in [0.3, 0.4) is 0 Å². The highest BCUT2D eigenvalue weighted by Crippen LogP contribution is 2.41. The molecule has 1 aromatic carbocycles. The van der Waals surface area contributed by atoms with Crippen LogP contribution in [-0.2, 0) is 13.0 Å². The van der Waals surface area contributed by atoms with Crippen LogP contribution in [0.5, 0.6) is 0 Å². The largest absolute Gasteiger partial charge is 0.339 e. The fraction of sp³-hybridized carbons (Fsp3) is 0.400. The molecule has 3 saturated heterocycles. The molecule has 5 heterocycles. The molecule has 0 aliphatic carbocycles. The van der Waals surface area contributed by atoms with E-state index in [0.29, 0.717) is 24.3 Å². The molecule has 2 unspecified atom stereocenters. The maximum absolute atomic E-state index is 13.9. The Morgan fingerprint density at radius 2 is 2.04 bits per heavy atom. The van der Waals surface area contributed by atoms with Gasteiger partial charge in [0.15, 0.2) is 5.13 Å². The number of pyridine rings is 1. The van der Waals surface area contributed by atoms with Crippen LogP contribution in [-0.4, -0.2) is 40.0 Å². The Bertz CT molecular complexity index is 944. The maximum Gasteiger partial charge on any atom is 0.187 e. The minimum atomic E-state index is -0.207. The molecular weight excluding hydrogens is 347 g/mol. The Morgan fingerprint density at radius 1 is 1.19 bits per heavy atom. The Hall–Kier alpha value is -2.05. The summed E-state index contributed by atoms with van der Waals surface area (Å²) in [5, 5.41) is 1.14. The van der Waals surface area contributed by atoms with Crippen molar-refractivity contribution in [1.29, 1.82) is 0 Å². The molecule has 2 bridgehead atoms. The van der Waals surface area contributed by atoms with E-state index in [1.165, 1.54) is 22.8 Å². The lowest BCUT2D eigenvalue weighted by atomic mass is 9.88. The second-order valence-corrected chi connectivity index (χ2v) is 8.20. The van der Waals surface area contributed by atoms with Gasteiger partial charge in [0.2, 0.25) is 0 Å². The Balaban J connectivity index is 1.34. The number of fused-ring (bicyclic) bond motifs is 3. The first-order valence-corrected chi connectivity index (χ1v) is 10.0.